The normalized spacial score (nSPS) is 12.0. The quantitative estimate of drug-likeness (QED) is 0.0935. The molecule has 0 atom stereocenters. The van der Waals surface area contributed by atoms with E-state index in [1.807, 2.05) is 0 Å². The standard InChI is InChI=1S/C84H57N2OSi/c1-4-18-57(19-5-1)58-32-34-59(35-33-58)60-36-38-61(39-37-60)62-40-42-63(43-41-62)64-44-46-65(47-45-64)66-48-51-71(52-49-66)88(69-20-6-2-7-21-69,70-22-8-3-9-23-70)83-56-68(55-77-75-27-13-17-31-82(75)87-84(77)83)86-80-30-16-12-26-74(80)76-54-67(50-53-81(76)86)85-78-28-14-10-24-72(78)73-25-11-15-29-79(73)85/h1-56,88H/q-1. The number of hydrogen-bond acceptors (Lipinski definition) is 1. The third-order valence-corrected chi connectivity index (χ3v) is 24.2. The Bertz CT molecular complexity index is 5340. The van der Waals surface area contributed by atoms with E-state index in [9.17, 15) is 0 Å². The van der Waals surface area contributed by atoms with Crippen molar-refractivity contribution in [3.8, 4) is 67.0 Å². The average Bonchev–Trinajstić information content (AvgIpc) is 1.45. The van der Waals surface area contributed by atoms with Gasteiger partial charge in [0.25, 0.3) is 0 Å². The van der Waals surface area contributed by atoms with Gasteiger partial charge in [-0.15, -0.1) is 0 Å². The Hall–Kier alpha value is -11.3. The second-order valence-electron chi connectivity index (χ2n) is 23.4. The zero-order valence-corrected chi connectivity index (χ0v) is 49.4. The summed E-state index contributed by atoms with van der Waals surface area (Å²) in [6.45, 7) is 0. The van der Waals surface area contributed by atoms with E-state index < -0.39 is 8.07 Å². The van der Waals surface area contributed by atoms with E-state index in [4.69, 9.17) is 4.42 Å². The Labute approximate surface area is 511 Å². The minimum atomic E-state index is -3.74. The fourth-order valence-electron chi connectivity index (χ4n) is 14.5. The van der Waals surface area contributed by atoms with Gasteiger partial charge in [-0.05, 0) is 27.8 Å². The van der Waals surface area contributed by atoms with Gasteiger partial charge >= 0.3 is 396 Å². The molecule has 414 valence electrons. The smallest absolute Gasteiger partial charge is 0.0538 e. The van der Waals surface area contributed by atoms with Crippen LogP contribution in [0.25, 0.3) is 133 Å². The molecule has 0 unspecified atom stereocenters. The zero-order chi connectivity index (χ0) is 58.1. The second-order valence-corrected chi connectivity index (χ2v) is 27.8. The zero-order valence-electron chi connectivity index (χ0n) is 48.2. The largest absolute Gasteiger partial charge is 0.0617 e. The van der Waals surface area contributed by atoms with Gasteiger partial charge in [-0.3, -0.25) is 0 Å². The summed E-state index contributed by atoms with van der Waals surface area (Å²) in [6.07, 6.45) is 0. The predicted octanol–water partition coefficient (Wildman–Crippen LogP) is 19.2. The van der Waals surface area contributed by atoms with Gasteiger partial charge in [-0.2, -0.15) is 0 Å². The number of hydrogen-bond donors (Lipinski definition) is 0. The van der Waals surface area contributed by atoms with Gasteiger partial charge in [0.15, 0.2) is 0 Å². The van der Waals surface area contributed by atoms with E-state index >= 15 is 0 Å². The van der Waals surface area contributed by atoms with Gasteiger partial charge in [-0.25, -0.2) is 0 Å². The molecule has 17 aromatic rings. The Balaban J connectivity index is 0.755. The van der Waals surface area contributed by atoms with Crippen LogP contribution in [0.2, 0.25) is 0 Å². The fourth-order valence-corrected chi connectivity index (χ4v) is 20.1. The Kier molecular flexibility index (Phi) is 12.2. The number of benzene rings is 14. The molecule has 0 aliphatic heterocycles. The minimum absolute atomic E-state index is 0.879. The maximum atomic E-state index is 7.26. The van der Waals surface area contributed by atoms with Crippen molar-refractivity contribution < 1.29 is 4.42 Å². The summed E-state index contributed by atoms with van der Waals surface area (Å²) < 4.78 is 12.2. The summed E-state index contributed by atoms with van der Waals surface area (Å²) in [7, 11) is -3.74. The number of fused-ring (bicyclic) bond motifs is 9. The molecule has 0 saturated heterocycles. The molecule has 3 heterocycles. The summed E-state index contributed by atoms with van der Waals surface area (Å²) in [6, 6.07) is 125. The minimum Gasteiger partial charge on any atom is -0.0617 e. The van der Waals surface area contributed by atoms with Crippen molar-refractivity contribution in [3.63, 3.8) is 0 Å². The first-order chi connectivity index (χ1) is 43.6. The molecule has 0 saturated carbocycles. The predicted molar refractivity (Wildman–Crippen MR) is 375 cm³/mol. The molecule has 17 rings (SSSR count). The summed E-state index contributed by atoms with van der Waals surface area (Å²) in [4.78, 5) is 0. The Morgan fingerprint density at radius 2 is 0.534 bits per heavy atom. The van der Waals surface area contributed by atoms with Crippen molar-refractivity contribution in [1.29, 1.82) is 0 Å². The van der Waals surface area contributed by atoms with E-state index in [1.165, 1.54) is 109 Å². The molecule has 0 aliphatic rings. The van der Waals surface area contributed by atoms with E-state index in [1.54, 1.807) is 0 Å². The second kappa shape index (κ2) is 21.0. The van der Waals surface area contributed by atoms with Crippen LogP contribution in [0, 0.1) is 0 Å². The molecule has 0 fully saturated rings. The van der Waals surface area contributed by atoms with E-state index in [-0.39, 0.29) is 0 Å². The average molecular weight is 1140 g/mol. The van der Waals surface area contributed by atoms with Gasteiger partial charge in [0.05, 0.1) is 0 Å². The first kappa shape index (κ1) is 51.1. The molecule has 0 amide bonds. The van der Waals surface area contributed by atoms with Gasteiger partial charge < -0.3 is 0 Å². The topological polar surface area (TPSA) is 23.0 Å². The van der Waals surface area contributed by atoms with Crippen LogP contribution in [-0.2, 0) is 0 Å². The molecule has 3 aromatic heterocycles. The first-order valence-electron chi connectivity index (χ1n) is 30.4. The van der Waals surface area contributed by atoms with Crippen molar-refractivity contribution in [1.82, 2.24) is 9.13 Å². The molecule has 88 heavy (non-hydrogen) atoms. The molecule has 0 spiro atoms. The van der Waals surface area contributed by atoms with Crippen LogP contribution in [0.5, 0.6) is 0 Å². The molecule has 0 N–H and O–H groups in total. The van der Waals surface area contributed by atoms with Gasteiger partial charge in [0, 0.05) is 0 Å². The molecule has 4 heteroatoms. The number of para-hydroxylation sites is 4. The van der Waals surface area contributed by atoms with Crippen LogP contribution >= 0.6 is 0 Å². The summed E-state index contributed by atoms with van der Waals surface area (Å²) in [5, 5.41) is 12.3. The van der Waals surface area contributed by atoms with Crippen molar-refractivity contribution >= 4 is 94.4 Å². The molecular formula is C84H57N2OSi-. The Morgan fingerprint density at radius 1 is 0.216 bits per heavy atom. The van der Waals surface area contributed by atoms with Crippen LogP contribution in [-0.4, -0.2) is 17.2 Å². The molecule has 0 bridgehead atoms. The molecule has 0 aliphatic carbocycles. The monoisotopic (exact) mass is 1140 g/mol. The van der Waals surface area contributed by atoms with Crippen LogP contribution in [0.15, 0.2) is 344 Å². The van der Waals surface area contributed by atoms with Crippen LogP contribution in [0.3, 0.4) is 0 Å². The number of aromatic nitrogens is 2. The van der Waals surface area contributed by atoms with Crippen LogP contribution < -0.4 is 20.7 Å². The van der Waals surface area contributed by atoms with E-state index in [2.05, 4.69) is 349 Å². The SMILES string of the molecule is c1ccc(-c2ccc(-c3ccc(-c4ccc(-c5ccc(-c6ccc([SiH-](c7ccccc7)(c7ccccc7)c7cc(-n8c9ccccc9c9cc(-n%10c%11ccccc%11c%11ccccc%11%10)ccc98)cc8c7oc7ccccc78)cc6)cc5)cc4)cc3)cc2)cc1. The van der Waals surface area contributed by atoms with Gasteiger partial charge in [0.1, 0.15) is 0 Å². The maximum Gasteiger partial charge on any atom is -0.0538 e. The van der Waals surface area contributed by atoms with Crippen molar-refractivity contribution in [2.45, 2.75) is 0 Å². The summed E-state index contributed by atoms with van der Waals surface area (Å²) in [5.41, 5.74) is 20.7. The molecular weight excluding hydrogens is 1080 g/mol. The van der Waals surface area contributed by atoms with Crippen molar-refractivity contribution in [3.05, 3.63) is 340 Å². The van der Waals surface area contributed by atoms with E-state index in [0.29, 0.717) is 0 Å². The number of furan rings is 1. The van der Waals surface area contributed by atoms with E-state index in [0.717, 1.165) is 44.3 Å². The Morgan fingerprint density at radius 3 is 0.989 bits per heavy atom. The number of nitrogens with zero attached hydrogens (tertiary/aromatic N) is 2. The molecule has 3 nitrogen and oxygen atoms in total. The molecule has 14 aromatic carbocycles. The summed E-state index contributed by atoms with van der Waals surface area (Å²) >= 11 is 0. The fraction of sp³-hybridized carbons (Fsp3) is 0. The third-order valence-electron chi connectivity index (χ3n) is 18.7. The maximum absolute atomic E-state index is 7.26. The van der Waals surface area contributed by atoms with Gasteiger partial charge in [-0.1, -0.05) is 91.0 Å². The third kappa shape index (κ3) is 8.41. The van der Waals surface area contributed by atoms with Crippen molar-refractivity contribution in [2.24, 2.45) is 0 Å². The van der Waals surface area contributed by atoms with Crippen molar-refractivity contribution in [2.75, 3.05) is 0 Å². The summed E-state index contributed by atoms with van der Waals surface area (Å²) in [5.74, 6) is 0. The van der Waals surface area contributed by atoms with Gasteiger partial charge in [0.2, 0.25) is 0 Å². The number of rotatable bonds is 11. The van der Waals surface area contributed by atoms with Crippen LogP contribution in [0.4, 0.5) is 0 Å². The molecule has 0 radical (unpaired) electrons. The van der Waals surface area contributed by atoms with Crippen LogP contribution in [0.1, 0.15) is 0 Å². The first-order valence-corrected chi connectivity index (χ1v) is 32.8.